The van der Waals surface area contributed by atoms with Crippen LogP contribution in [0.1, 0.15) is 33.3 Å². The molecule has 0 aliphatic rings. The van der Waals surface area contributed by atoms with Crippen LogP contribution in [0.3, 0.4) is 0 Å². The number of benzene rings is 3. The summed E-state index contributed by atoms with van der Waals surface area (Å²) >= 11 is 13.8. The van der Waals surface area contributed by atoms with Crippen molar-refractivity contribution in [2.45, 2.75) is 56.1 Å². The van der Waals surface area contributed by atoms with Gasteiger partial charge in [-0.2, -0.15) is 0 Å². The van der Waals surface area contributed by atoms with Crippen LogP contribution in [0.5, 0.6) is 5.75 Å². The fourth-order valence-electron chi connectivity index (χ4n) is 4.10. The van der Waals surface area contributed by atoms with Gasteiger partial charge in [0.15, 0.2) is 0 Å². The topological polar surface area (TPSA) is 96.0 Å². The maximum atomic E-state index is 14.0. The highest BCUT2D eigenvalue weighted by molar-refractivity contribution is 7.98. The van der Waals surface area contributed by atoms with Gasteiger partial charge in [-0.05, 0) is 100 Å². The molecule has 0 radical (unpaired) electrons. The molecule has 3 aromatic rings. The first-order chi connectivity index (χ1) is 19.9. The van der Waals surface area contributed by atoms with E-state index in [1.165, 1.54) is 28.8 Å². The van der Waals surface area contributed by atoms with Crippen molar-refractivity contribution in [2.75, 3.05) is 23.7 Å². The van der Waals surface area contributed by atoms with Crippen LogP contribution < -0.4 is 14.4 Å². The van der Waals surface area contributed by atoms with Crippen LogP contribution >= 0.6 is 35.0 Å². The SMILES string of the molecule is CCOc1ccc(N(CC(=O)N(Cc2ccc(Cl)c(Cl)c2)[C@H](C)C(=O)NC(C)C)S(=O)(=O)c2ccc(SC)cc2)cc1. The molecule has 0 heterocycles. The molecule has 0 saturated heterocycles. The maximum absolute atomic E-state index is 14.0. The summed E-state index contributed by atoms with van der Waals surface area (Å²) in [5.41, 5.74) is 0.902. The van der Waals surface area contributed by atoms with E-state index in [1.54, 1.807) is 61.5 Å². The fourth-order valence-corrected chi connectivity index (χ4v) is 6.24. The van der Waals surface area contributed by atoms with E-state index in [0.29, 0.717) is 28.0 Å². The third-order valence-electron chi connectivity index (χ3n) is 6.30. The van der Waals surface area contributed by atoms with Crippen molar-refractivity contribution in [2.24, 2.45) is 0 Å². The van der Waals surface area contributed by atoms with Crippen molar-refractivity contribution in [1.29, 1.82) is 0 Å². The molecule has 0 aromatic heterocycles. The normalized spacial score (nSPS) is 12.1. The highest BCUT2D eigenvalue weighted by Gasteiger charge is 2.33. The zero-order valence-electron chi connectivity index (χ0n) is 24.1. The number of carbonyl (C=O) groups excluding carboxylic acids is 2. The number of hydrogen-bond donors (Lipinski definition) is 1. The molecular formula is C30H35Cl2N3O5S2. The summed E-state index contributed by atoms with van der Waals surface area (Å²) in [6.45, 7) is 6.98. The number of rotatable bonds is 13. The number of sulfonamides is 1. The van der Waals surface area contributed by atoms with Gasteiger partial charge in [0.05, 0.1) is 27.2 Å². The molecule has 8 nitrogen and oxygen atoms in total. The molecule has 226 valence electrons. The van der Waals surface area contributed by atoms with Gasteiger partial charge in [0.2, 0.25) is 11.8 Å². The lowest BCUT2D eigenvalue weighted by atomic mass is 10.1. The number of nitrogens with zero attached hydrogens (tertiary/aromatic N) is 2. The number of ether oxygens (including phenoxy) is 1. The number of nitrogens with one attached hydrogen (secondary N) is 1. The van der Waals surface area contributed by atoms with Gasteiger partial charge in [-0.25, -0.2) is 8.42 Å². The van der Waals surface area contributed by atoms with Crippen LogP contribution in [-0.4, -0.2) is 56.6 Å². The van der Waals surface area contributed by atoms with Crippen molar-refractivity contribution in [1.82, 2.24) is 10.2 Å². The van der Waals surface area contributed by atoms with Gasteiger partial charge in [0.25, 0.3) is 10.0 Å². The second-order valence-corrected chi connectivity index (χ2v) is 13.3. The van der Waals surface area contributed by atoms with E-state index in [-0.39, 0.29) is 29.1 Å². The van der Waals surface area contributed by atoms with E-state index in [2.05, 4.69) is 5.32 Å². The van der Waals surface area contributed by atoms with Gasteiger partial charge >= 0.3 is 0 Å². The molecular weight excluding hydrogens is 617 g/mol. The standard InChI is InChI=1S/C30H35Cl2N3O5S2/c1-6-40-24-10-8-23(9-11-24)35(42(38,39)26-14-12-25(41-5)13-15-26)19-29(36)34(21(4)30(37)33-20(2)3)18-22-7-16-27(31)28(32)17-22/h7-17,20-21H,6,18-19H2,1-5H3,(H,33,37)/t21-/m1/s1. The van der Waals surface area contributed by atoms with E-state index in [0.717, 1.165) is 9.20 Å². The minimum Gasteiger partial charge on any atom is -0.494 e. The second-order valence-electron chi connectivity index (χ2n) is 9.72. The average molecular weight is 653 g/mol. The molecule has 0 bridgehead atoms. The first-order valence-corrected chi connectivity index (χ1v) is 16.7. The molecule has 12 heteroatoms. The molecule has 0 aliphatic heterocycles. The second kappa shape index (κ2) is 15.0. The molecule has 1 atom stereocenters. The van der Waals surface area contributed by atoms with Crippen LogP contribution in [0, 0.1) is 0 Å². The Morgan fingerprint density at radius 1 is 0.952 bits per heavy atom. The number of halogens is 2. The zero-order valence-corrected chi connectivity index (χ0v) is 27.3. The molecule has 0 aliphatic carbocycles. The smallest absolute Gasteiger partial charge is 0.264 e. The first kappa shape index (κ1) is 33.6. The fraction of sp³-hybridized carbons (Fsp3) is 0.333. The van der Waals surface area contributed by atoms with Crippen molar-refractivity contribution in [3.05, 3.63) is 82.3 Å². The maximum Gasteiger partial charge on any atom is 0.264 e. The zero-order chi connectivity index (χ0) is 31.0. The average Bonchev–Trinajstić information content (AvgIpc) is 2.96. The van der Waals surface area contributed by atoms with Crippen molar-refractivity contribution in [3.8, 4) is 5.75 Å². The van der Waals surface area contributed by atoms with Crippen LogP contribution in [0.2, 0.25) is 10.0 Å². The highest BCUT2D eigenvalue weighted by atomic mass is 35.5. The quantitative estimate of drug-likeness (QED) is 0.220. The van der Waals surface area contributed by atoms with E-state index in [4.69, 9.17) is 27.9 Å². The Hall–Kier alpha value is -2.92. The summed E-state index contributed by atoms with van der Waals surface area (Å²) in [7, 11) is -4.19. The van der Waals surface area contributed by atoms with Gasteiger partial charge in [-0.15, -0.1) is 11.8 Å². The monoisotopic (exact) mass is 651 g/mol. The molecule has 3 rings (SSSR count). The Morgan fingerprint density at radius 3 is 2.14 bits per heavy atom. The van der Waals surface area contributed by atoms with E-state index >= 15 is 0 Å². The lowest BCUT2D eigenvalue weighted by Gasteiger charge is -2.32. The molecule has 1 N–H and O–H groups in total. The summed E-state index contributed by atoms with van der Waals surface area (Å²) < 4.78 is 34.6. The molecule has 0 saturated carbocycles. The summed E-state index contributed by atoms with van der Waals surface area (Å²) in [5, 5.41) is 3.48. The Bertz CT molecular complexity index is 1480. The molecule has 0 unspecified atom stereocenters. The van der Waals surface area contributed by atoms with Gasteiger partial charge < -0.3 is 15.0 Å². The third-order valence-corrected chi connectivity index (χ3v) is 9.57. The molecule has 3 aromatic carbocycles. The number of amides is 2. The molecule has 42 heavy (non-hydrogen) atoms. The minimum absolute atomic E-state index is 0.00197. The predicted molar refractivity (Wildman–Crippen MR) is 170 cm³/mol. The highest BCUT2D eigenvalue weighted by Crippen LogP contribution is 2.28. The van der Waals surface area contributed by atoms with Gasteiger partial charge in [-0.1, -0.05) is 29.3 Å². The predicted octanol–water partition coefficient (Wildman–Crippen LogP) is 6.25. The number of carbonyl (C=O) groups is 2. The number of hydrogen-bond acceptors (Lipinski definition) is 6. The number of anilines is 1. The van der Waals surface area contributed by atoms with E-state index < -0.39 is 28.5 Å². The summed E-state index contributed by atoms with van der Waals surface area (Å²) in [5.74, 6) is -0.387. The summed E-state index contributed by atoms with van der Waals surface area (Å²) in [4.78, 5) is 29.3. The third kappa shape index (κ3) is 8.56. The summed E-state index contributed by atoms with van der Waals surface area (Å²) in [6.07, 6.45) is 1.90. The lowest BCUT2D eigenvalue weighted by Crippen LogP contribution is -2.52. The number of thioether (sulfide) groups is 1. The lowest BCUT2D eigenvalue weighted by molar-refractivity contribution is -0.139. The van der Waals surface area contributed by atoms with E-state index in [1.807, 2.05) is 27.0 Å². The summed E-state index contributed by atoms with van der Waals surface area (Å²) in [6, 6.07) is 16.8. The van der Waals surface area contributed by atoms with Crippen LogP contribution in [0.4, 0.5) is 5.69 Å². The Labute approximate surface area is 262 Å². The van der Waals surface area contributed by atoms with Gasteiger partial charge in [0, 0.05) is 17.5 Å². The van der Waals surface area contributed by atoms with Gasteiger partial charge in [-0.3, -0.25) is 13.9 Å². The molecule has 0 fully saturated rings. The largest absolute Gasteiger partial charge is 0.494 e. The van der Waals surface area contributed by atoms with E-state index in [9.17, 15) is 18.0 Å². The molecule has 2 amide bonds. The Morgan fingerprint density at radius 2 is 1.60 bits per heavy atom. The van der Waals surface area contributed by atoms with Crippen LogP contribution in [0.25, 0.3) is 0 Å². The van der Waals surface area contributed by atoms with Crippen molar-refractivity contribution < 1.29 is 22.7 Å². The van der Waals surface area contributed by atoms with Crippen LogP contribution in [0.15, 0.2) is 76.5 Å². The van der Waals surface area contributed by atoms with Crippen LogP contribution in [-0.2, 0) is 26.2 Å². The first-order valence-electron chi connectivity index (χ1n) is 13.3. The van der Waals surface area contributed by atoms with Crippen molar-refractivity contribution in [3.63, 3.8) is 0 Å². The minimum atomic E-state index is -4.19. The Balaban J connectivity index is 2.05. The molecule has 0 spiro atoms. The van der Waals surface area contributed by atoms with Gasteiger partial charge in [0.1, 0.15) is 18.3 Å². The van der Waals surface area contributed by atoms with Crippen molar-refractivity contribution >= 4 is 62.5 Å². The Kier molecular flexibility index (Phi) is 12.0.